The predicted octanol–water partition coefficient (Wildman–Crippen LogP) is 5.15. The van der Waals surface area contributed by atoms with E-state index in [0.29, 0.717) is 6.04 Å². The second kappa shape index (κ2) is 5.89. The van der Waals surface area contributed by atoms with Crippen LogP contribution in [0.25, 0.3) is 0 Å². The van der Waals surface area contributed by atoms with E-state index in [4.69, 9.17) is 0 Å². The van der Waals surface area contributed by atoms with Crippen LogP contribution in [-0.4, -0.2) is 6.04 Å². The van der Waals surface area contributed by atoms with Crippen molar-refractivity contribution in [1.29, 1.82) is 0 Å². The van der Waals surface area contributed by atoms with E-state index in [9.17, 15) is 0 Å². The Morgan fingerprint density at radius 1 is 1.00 bits per heavy atom. The van der Waals surface area contributed by atoms with Gasteiger partial charge in [-0.3, -0.25) is 0 Å². The fourth-order valence-electron chi connectivity index (χ4n) is 4.33. The van der Waals surface area contributed by atoms with Gasteiger partial charge < -0.3 is 5.32 Å². The Bertz CT molecular complexity index is 418. The molecule has 0 aromatic heterocycles. The van der Waals surface area contributed by atoms with Crippen LogP contribution < -0.4 is 5.32 Å². The molecular formula is C19H29N. The predicted molar refractivity (Wildman–Crippen MR) is 85.9 cm³/mol. The van der Waals surface area contributed by atoms with Gasteiger partial charge in [-0.25, -0.2) is 0 Å². The summed E-state index contributed by atoms with van der Waals surface area (Å²) in [5.41, 5.74) is 3.53. The summed E-state index contributed by atoms with van der Waals surface area (Å²) >= 11 is 0. The molecule has 1 atom stereocenters. The first-order valence-electron chi connectivity index (χ1n) is 8.50. The second-order valence-corrected chi connectivity index (χ2v) is 7.28. The lowest BCUT2D eigenvalue weighted by Gasteiger charge is -2.38. The molecule has 0 saturated heterocycles. The fraction of sp³-hybridized carbons (Fsp3) is 0.684. The van der Waals surface area contributed by atoms with Crippen LogP contribution >= 0.6 is 0 Å². The molecule has 110 valence electrons. The number of rotatable bonds is 3. The van der Waals surface area contributed by atoms with Crippen LogP contribution in [0.4, 0.5) is 0 Å². The summed E-state index contributed by atoms with van der Waals surface area (Å²) in [6, 6.07) is 10.2. The quantitative estimate of drug-likeness (QED) is 0.801. The largest absolute Gasteiger partial charge is 0.307 e. The SMILES string of the molecule is Cc1ccc(C(C)NC2CCC3(CCCC3)CC2)cc1. The Morgan fingerprint density at radius 2 is 1.60 bits per heavy atom. The third-order valence-corrected chi connectivity index (χ3v) is 5.77. The summed E-state index contributed by atoms with van der Waals surface area (Å²) in [5.74, 6) is 0. The zero-order valence-electron chi connectivity index (χ0n) is 13.1. The number of hydrogen-bond donors (Lipinski definition) is 1. The molecule has 20 heavy (non-hydrogen) atoms. The number of nitrogens with one attached hydrogen (secondary N) is 1. The molecule has 0 aliphatic heterocycles. The van der Waals surface area contributed by atoms with Crippen LogP contribution in [0, 0.1) is 12.3 Å². The number of benzene rings is 1. The van der Waals surface area contributed by atoms with E-state index in [1.807, 2.05) is 0 Å². The zero-order valence-corrected chi connectivity index (χ0v) is 13.1. The Labute approximate surface area is 124 Å². The summed E-state index contributed by atoms with van der Waals surface area (Å²) in [5, 5.41) is 3.86. The minimum absolute atomic E-state index is 0.484. The van der Waals surface area contributed by atoms with Gasteiger partial charge in [0.2, 0.25) is 0 Å². The summed E-state index contributed by atoms with van der Waals surface area (Å²) in [7, 11) is 0. The Balaban J connectivity index is 1.52. The van der Waals surface area contributed by atoms with Crippen LogP contribution in [0.2, 0.25) is 0 Å². The van der Waals surface area contributed by atoms with Gasteiger partial charge in [0.1, 0.15) is 0 Å². The third kappa shape index (κ3) is 3.09. The van der Waals surface area contributed by atoms with Crippen molar-refractivity contribution >= 4 is 0 Å². The van der Waals surface area contributed by atoms with E-state index >= 15 is 0 Å². The van der Waals surface area contributed by atoms with Crippen molar-refractivity contribution in [2.75, 3.05) is 0 Å². The molecule has 0 radical (unpaired) electrons. The maximum absolute atomic E-state index is 3.86. The van der Waals surface area contributed by atoms with Gasteiger partial charge in [-0.15, -0.1) is 0 Å². The highest BCUT2D eigenvalue weighted by Crippen LogP contribution is 2.49. The zero-order chi connectivity index (χ0) is 14.0. The van der Waals surface area contributed by atoms with Crippen LogP contribution in [0.3, 0.4) is 0 Å². The highest BCUT2D eigenvalue weighted by Gasteiger charge is 2.37. The Morgan fingerprint density at radius 3 is 2.20 bits per heavy atom. The second-order valence-electron chi connectivity index (χ2n) is 7.28. The van der Waals surface area contributed by atoms with E-state index in [0.717, 1.165) is 11.5 Å². The first kappa shape index (κ1) is 14.1. The molecule has 1 spiro atoms. The van der Waals surface area contributed by atoms with Gasteiger partial charge >= 0.3 is 0 Å². The van der Waals surface area contributed by atoms with Gasteiger partial charge in [0, 0.05) is 12.1 Å². The van der Waals surface area contributed by atoms with E-state index in [1.54, 1.807) is 0 Å². The molecular weight excluding hydrogens is 242 g/mol. The molecule has 1 unspecified atom stereocenters. The van der Waals surface area contributed by atoms with Crippen molar-refractivity contribution in [2.45, 2.75) is 77.3 Å². The van der Waals surface area contributed by atoms with Crippen LogP contribution in [0.1, 0.15) is 75.5 Å². The van der Waals surface area contributed by atoms with Crippen molar-refractivity contribution in [2.24, 2.45) is 5.41 Å². The van der Waals surface area contributed by atoms with Crippen molar-refractivity contribution in [3.8, 4) is 0 Å². The molecule has 2 fully saturated rings. The Hall–Kier alpha value is -0.820. The van der Waals surface area contributed by atoms with Crippen molar-refractivity contribution in [3.05, 3.63) is 35.4 Å². The van der Waals surface area contributed by atoms with Crippen LogP contribution in [0.5, 0.6) is 0 Å². The maximum Gasteiger partial charge on any atom is 0.0294 e. The van der Waals surface area contributed by atoms with Crippen molar-refractivity contribution < 1.29 is 0 Å². The third-order valence-electron chi connectivity index (χ3n) is 5.77. The highest BCUT2D eigenvalue weighted by molar-refractivity contribution is 5.23. The summed E-state index contributed by atoms with van der Waals surface area (Å²) in [4.78, 5) is 0. The molecule has 1 aromatic carbocycles. The number of hydrogen-bond acceptors (Lipinski definition) is 1. The molecule has 3 rings (SSSR count). The molecule has 1 aromatic rings. The van der Waals surface area contributed by atoms with Gasteiger partial charge in [-0.1, -0.05) is 42.7 Å². The van der Waals surface area contributed by atoms with Gasteiger partial charge in [-0.2, -0.15) is 0 Å². The lowest BCUT2D eigenvalue weighted by molar-refractivity contribution is 0.164. The van der Waals surface area contributed by atoms with Gasteiger partial charge in [-0.05, 0) is 63.4 Å². The molecule has 2 aliphatic carbocycles. The van der Waals surface area contributed by atoms with Gasteiger partial charge in [0.25, 0.3) is 0 Å². The average Bonchev–Trinajstić information content (AvgIpc) is 2.91. The minimum atomic E-state index is 0.484. The normalized spacial score (nSPS) is 24.1. The summed E-state index contributed by atoms with van der Waals surface area (Å²) in [6.07, 6.45) is 11.7. The Kier molecular flexibility index (Phi) is 4.16. The topological polar surface area (TPSA) is 12.0 Å². The molecule has 2 saturated carbocycles. The van der Waals surface area contributed by atoms with Crippen LogP contribution in [0.15, 0.2) is 24.3 Å². The summed E-state index contributed by atoms with van der Waals surface area (Å²) in [6.45, 7) is 4.47. The summed E-state index contributed by atoms with van der Waals surface area (Å²) < 4.78 is 0. The standard InChI is InChI=1S/C19H29N/c1-15-5-7-17(8-6-15)16(2)20-18-9-13-19(14-10-18)11-3-4-12-19/h5-8,16,18,20H,3-4,9-14H2,1-2H3. The van der Waals surface area contributed by atoms with Crippen molar-refractivity contribution in [3.63, 3.8) is 0 Å². The van der Waals surface area contributed by atoms with Crippen molar-refractivity contribution in [1.82, 2.24) is 5.32 Å². The monoisotopic (exact) mass is 271 g/mol. The molecule has 2 aliphatic rings. The molecule has 1 heteroatoms. The molecule has 1 N–H and O–H groups in total. The molecule has 1 nitrogen and oxygen atoms in total. The maximum atomic E-state index is 3.86. The van der Waals surface area contributed by atoms with Gasteiger partial charge in [0.15, 0.2) is 0 Å². The lowest BCUT2D eigenvalue weighted by Crippen LogP contribution is -2.37. The van der Waals surface area contributed by atoms with E-state index in [-0.39, 0.29) is 0 Å². The molecule has 0 amide bonds. The highest BCUT2D eigenvalue weighted by atomic mass is 14.9. The smallest absolute Gasteiger partial charge is 0.0294 e. The molecule has 0 heterocycles. The average molecular weight is 271 g/mol. The molecule has 0 bridgehead atoms. The first-order valence-corrected chi connectivity index (χ1v) is 8.50. The fourth-order valence-corrected chi connectivity index (χ4v) is 4.33. The number of aryl methyl sites for hydroxylation is 1. The van der Waals surface area contributed by atoms with E-state index < -0.39 is 0 Å². The minimum Gasteiger partial charge on any atom is -0.307 e. The first-order chi connectivity index (χ1) is 9.67. The van der Waals surface area contributed by atoms with Crippen LogP contribution in [-0.2, 0) is 0 Å². The van der Waals surface area contributed by atoms with E-state index in [1.165, 1.54) is 62.5 Å². The lowest BCUT2D eigenvalue weighted by atomic mass is 9.71. The van der Waals surface area contributed by atoms with E-state index in [2.05, 4.69) is 43.4 Å². The van der Waals surface area contributed by atoms with Gasteiger partial charge in [0.05, 0.1) is 0 Å².